The maximum Gasteiger partial charge on any atom is 0.212 e. The number of anilines is 1. The van der Waals surface area contributed by atoms with Gasteiger partial charge in [0.2, 0.25) is 9.84 Å². The van der Waals surface area contributed by atoms with Gasteiger partial charge in [-0.05, 0) is 55.7 Å². The molecule has 3 aromatic carbocycles. The van der Waals surface area contributed by atoms with Crippen molar-refractivity contribution in [3.05, 3.63) is 89.0 Å². The number of benzene rings is 3. The topological polar surface area (TPSA) is 103 Å². The SMILES string of the molecule is Cc1ccc(/C=N\n2c(N)c(S(=O)(=O)c3cc(C)ccc3C)c3nc4ccccc4nc32)cc1. The molecule has 0 spiro atoms. The number of nitrogen functional groups attached to an aromatic ring is 1. The fourth-order valence-electron chi connectivity index (χ4n) is 3.89. The quantitative estimate of drug-likeness (QED) is 0.381. The van der Waals surface area contributed by atoms with Crippen LogP contribution in [0.2, 0.25) is 0 Å². The minimum absolute atomic E-state index is 0.0328. The Labute approximate surface area is 197 Å². The first-order valence-corrected chi connectivity index (χ1v) is 12.2. The highest BCUT2D eigenvalue weighted by Crippen LogP contribution is 2.36. The maximum absolute atomic E-state index is 13.9. The number of nitrogens with two attached hydrogens (primary N) is 1. The predicted octanol–water partition coefficient (Wildman–Crippen LogP) is 4.81. The molecule has 0 bridgehead atoms. The van der Waals surface area contributed by atoms with Gasteiger partial charge in [0.05, 0.1) is 22.1 Å². The summed E-state index contributed by atoms with van der Waals surface area (Å²) >= 11 is 0. The van der Waals surface area contributed by atoms with Crippen molar-refractivity contribution in [3.63, 3.8) is 0 Å². The van der Waals surface area contributed by atoms with Crippen molar-refractivity contribution < 1.29 is 8.42 Å². The molecule has 0 aliphatic heterocycles. The lowest BCUT2D eigenvalue weighted by Crippen LogP contribution is -2.08. The molecule has 170 valence electrons. The number of fused-ring (bicyclic) bond motifs is 2. The zero-order valence-electron chi connectivity index (χ0n) is 19.0. The highest BCUT2D eigenvalue weighted by atomic mass is 32.2. The van der Waals surface area contributed by atoms with Gasteiger partial charge >= 0.3 is 0 Å². The van der Waals surface area contributed by atoms with Crippen LogP contribution in [0.4, 0.5) is 5.82 Å². The number of nitrogens with zero attached hydrogens (tertiary/aromatic N) is 4. The summed E-state index contributed by atoms with van der Waals surface area (Å²) < 4.78 is 29.1. The third-order valence-corrected chi connectivity index (χ3v) is 7.69. The Hall–Kier alpha value is -4.04. The fraction of sp³-hybridized carbons (Fsp3) is 0.115. The van der Waals surface area contributed by atoms with Crippen molar-refractivity contribution in [2.24, 2.45) is 5.10 Å². The lowest BCUT2D eigenvalue weighted by molar-refractivity contribution is 0.596. The number of aromatic nitrogens is 3. The van der Waals surface area contributed by atoms with Gasteiger partial charge in [-0.3, -0.25) is 0 Å². The van der Waals surface area contributed by atoms with Crippen LogP contribution in [0.3, 0.4) is 0 Å². The molecule has 2 N–H and O–H groups in total. The number of sulfone groups is 1. The van der Waals surface area contributed by atoms with E-state index in [1.54, 1.807) is 31.3 Å². The van der Waals surface area contributed by atoms with E-state index in [4.69, 9.17) is 5.73 Å². The smallest absolute Gasteiger partial charge is 0.212 e. The number of para-hydroxylation sites is 2. The van der Waals surface area contributed by atoms with Crippen molar-refractivity contribution in [1.82, 2.24) is 14.6 Å². The Kier molecular flexibility index (Phi) is 5.17. The summed E-state index contributed by atoms with van der Waals surface area (Å²) in [5.41, 5.74) is 11.6. The molecule has 2 aromatic heterocycles. The molecule has 0 saturated heterocycles. The van der Waals surface area contributed by atoms with Crippen molar-refractivity contribution in [3.8, 4) is 0 Å². The van der Waals surface area contributed by atoms with Gasteiger partial charge in [-0.1, -0.05) is 54.1 Å². The summed E-state index contributed by atoms with van der Waals surface area (Å²) in [6, 6.07) is 20.4. The van der Waals surface area contributed by atoms with Gasteiger partial charge in [-0.25, -0.2) is 18.4 Å². The number of hydrogen-bond donors (Lipinski definition) is 1. The fourth-order valence-corrected chi connectivity index (χ4v) is 5.69. The highest BCUT2D eigenvalue weighted by Gasteiger charge is 2.31. The van der Waals surface area contributed by atoms with Crippen molar-refractivity contribution >= 4 is 44.1 Å². The summed E-state index contributed by atoms with van der Waals surface area (Å²) in [4.78, 5) is 9.43. The van der Waals surface area contributed by atoms with Gasteiger partial charge < -0.3 is 5.73 Å². The average Bonchev–Trinajstić information content (AvgIpc) is 3.09. The van der Waals surface area contributed by atoms with Crippen molar-refractivity contribution in [2.45, 2.75) is 30.6 Å². The van der Waals surface area contributed by atoms with Crippen LogP contribution in [-0.2, 0) is 9.84 Å². The molecule has 7 nitrogen and oxygen atoms in total. The van der Waals surface area contributed by atoms with Crippen LogP contribution in [-0.4, -0.2) is 29.3 Å². The number of rotatable bonds is 4. The lowest BCUT2D eigenvalue weighted by Gasteiger charge is -2.09. The largest absolute Gasteiger partial charge is 0.382 e. The number of aryl methyl sites for hydroxylation is 3. The Balaban J connectivity index is 1.81. The average molecular weight is 470 g/mol. The normalized spacial score (nSPS) is 12.2. The van der Waals surface area contributed by atoms with Gasteiger partial charge in [0, 0.05) is 0 Å². The first-order valence-electron chi connectivity index (χ1n) is 10.8. The summed E-state index contributed by atoms with van der Waals surface area (Å²) in [6.45, 7) is 5.62. The molecule has 0 radical (unpaired) electrons. The van der Waals surface area contributed by atoms with Gasteiger partial charge in [0.1, 0.15) is 16.2 Å². The van der Waals surface area contributed by atoms with Crippen LogP contribution >= 0.6 is 0 Å². The van der Waals surface area contributed by atoms with E-state index in [-0.39, 0.29) is 26.8 Å². The third-order valence-electron chi connectivity index (χ3n) is 5.73. The molecule has 2 heterocycles. The van der Waals surface area contributed by atoms with Crippen molar-refractivity contribution in [1.29, 1.82) is 0 Å². The van der Waals surface area contributed by atoms with E-state index in [9.17, 15) is 8.42 Å². The van der Waals surface area contributed by atoms with Crippen LogP contribution < -0.4 is 5.73 Å². The lowest BCUT2D eigenvalue weighted by atomic mass is 10.2. The van der Waals surface area contributed by atoms with Crippen LogP contribution in [0.5, 0.6) is 0 Å². The molecule has 0 saturated carbocycles. The summed E-state index contributed by atoms with van der Waals surface area (Å²) in [6.07, 6.45) is 1.63. The van der Waals surface area contributed by atoms with Gasteiger partial charge in [-0.15, -0.1) is 0 Å². The first-order chi connectivity index (χ1) is 16.3. The van der Waals surface area contributed by atoms with E-state index in [0.717, 1.165) is 16.7 Å². The van der Waals surface area contributed by atoms with Gasteiger partial charge in [0.25, 0.3) is 0 Å². The Morgan fingerprint density at radius 3 is 2.24 bits per heavy atom. The molecule has 8 heteroatoms. The first kappa shape index (κ1) is 21.8. The molecule has 0 amide bonds. The molecule has 5 rings (SSSR count). The summed E-state index contributed by atoms with van der Waals surface area (Å²) in [5, 5.41) is 4.51. The van der Waals surface area contributed by atoms with Crippen LogP contribution in [0.25, 0.3) is 22.2 Å². The van der Waals surface area contributed by atoms with Crippen molar-refractivity contribution in [2.75, 3.05) is 5.73 Å². The van der Waals surface area contributed by atoms with E-state index >= 15 is 0 Å². The standard InChI is InChI=1S/C26H23N5O2S/c1-16-9-12-19(13-10-16)15-28-31-25(27)24(34(32,33)22-14-17(2)8-11-18(22)3)23-26(31)30-21-7-5-4-6-20(21)29-23/h4-15H,27H2,1-3H3/b28-15-. The van der Waals surface area contributed by atoms with E-state index in [2.05, 4.69) is 15.1 Å². The minimum atomic E-state index is -4.01. The molecular formula is C26H23N5O2S. The maximum atomic E-state index is 13.9. The number of hydrogen-bond acceptors (Lipinski definition) is 6. The van der Waals surface area contributed by atoms with Crippen LogP contribution in [0.1, 0.15) is 22.3 Å². The second-order valence-corrected chi connectivity index (χ2v) is 10.2. The van der Waals surface area contributed by atoms with Crippen LogP contribution in [0, 0.1) is 20.8 Å². The van der Waals surface area contributed by atoms with Gasteiger partial charge in [0.15, 0.2) is 5.65 Å². The molecule has 0 fully saturated rings. The highest BCUT2D eigenvalue weighted by molar-refractivity contribution is 7.92. The molecule has 5 aromatic rings. The summed E-state index contributed by atoms with van der Waals surface area (Å²) in [7, 11) is -4.01. The molecular weight excluding hydrogens is 446 g/mol. The Bertz CT molecular complexity index is 1700. The predicted molar refractivity (Wildman–Crippen MR) is 135 cm³/mol. The third kappa shape index (κ3) is 3.62. The van der Waals surface area contributed by atoms with E-state index in [0.29, 0.717) is 16.6 Å². The van der Waals surface area contributed by atoms with E-state index in [1.807, 2.05) is 62.4 Å². The summed E-state index contributed by atoms with van der Waals surface area (Å²) in [5.74, 6) is -0.0328. The second kappa shape index (κ2) is 8.07. The second-order valence-electron chi connectivity index (χ2n) is 8.34. The molecule has 0 aliphatic carbocycles. The molecule has 0 atom stereocenters. The Morgan fingerprint density at radius 2 is 1.53 bits per heavy atom. The molecule has 34 heavy (non-hydrogen) atoms. The zero-order chi connectivity index (χ0) is 24.0. The monoisotopic (exact) mass is 469 g/mol. The van der Waals surface area contributed by atoms with E-state index in [1.165, 1.54) is 4.68 Å². The minimum Gasteiger partial charge on any atom is -0.382 e. The van der Waals surface area contributed by atoms with Gasteiger partial charge in [-0.2, -0.15) is 9.78 Å². The Morgan fingerprint density at radius 1 is 0.882 bits per heavy atom. The molecule has 0 aliphatic rings. The van der Waals surface area contributed by atoms with E-state index < -0.39 is 9.84 Å². The molecule has 0 unspecified atom stereocenters. The zero-order valence-corrected chi connectivity index (χ0v) is 19.8. The van der Waals surface area contributed by atoms with Crippen LogP contribution in [0.15, 0.2) is 81.6 Å².